The van der Waals surface area contributed by atoms with E-state index in [-0.39, 0.29) is 11.6 Å². The minimum absolute atomic E-state index is 0.208. The molecule has 1 aliphatic rings. The number of aryl methyl sites for hydroxylation is 2. The zero-order valence-electron chi connectivity index (χ0n) is 20.5. The molecule has 2 amide bonds. The third-order valence-corrected chi connectivity index (χ3v) is 6.58. The molecule has 1 saturated heterocycles. The summed E-state index contributed by atoms with van der Waals surface area (Å²) < 4.78 is 6.30. The molecule has 2 heterocycles. The average molecular weight is 497 g/mol. The first-order valence-electron chi connectivity index (χ1n) is 12.2. The van der Waals surface area contributed by atoms with Crippen molar-refractivity contribution in [1.29, 1.82) is 0 Å². The Kier molecular flexibility index (Phi) is 7.98. The van der Waals surface area contributed by atoms with Gasteiger partial charge < -0.3 is 25.7 Å². The van der Waals surface area contributed by atoms with Gasteiger partial charge in [-0.15, -0.1) is 0 Å². The highest BCUT2D eigenvalue weighted by atomic mass is 35.5. The van der Waals surface area contributed by atoms with Gasteiger partial charge in [-0.2, -0.15) is 0 Å². The molecule has 3 aromatic rings. The summed E-state index contributed by atoms with van der Waals surface area (Å²) in [5.74, 6) is 0.455. The lowest BCUT2D eigenvalue weighted by molar-refractivity contribution is 0.252. The lowest BCUT2D eigenvalue weighted by Gasteiger charge is -2.24. The second-order valence-corrected chi connectivity index (χ2v) is 9.59. The van der Waals surface area contributed by atoms with Crippen LogP contribution in [0.3, 0.4) is 0 Å². The van der Waals surface area contributed by atoms with Crippen LogP contribution in [0.25, 0.3) is 22.0 Å². The summed E-state index contributed by atoms with van der Waals surface area (Å²) in [5, 5.41) is 10.1. The monoisotopic (exact) mass is 496 g/mol. The normalized spacial score (nSPS) is 15.7. The number of ether oxygens (including phenoxy) is 1. The van der Waals surface area contributed by atoms with Crippen molar-refractivity contribution in [2.24, 2.45) is 0 Å². The summed E-state index contributed by atoms with van der Waals surface area (Å²) in [6, 6.07) is 9.56. The van der Waals surface area contributed by atoms with Crippen molar-refractivity contribution in [2.45, 2.75) is 52.5 Å². The number of piperidine rings is 1. The highest BCUT2D eigenvalue weighted by Gasteiger charge is 2.20. The van der Waals surface area contributed by atoms with Crippen LogP contribution in [-0.2, 0) is 0 Å². The number of benzene rings is 2. The van der Waals surface area contributed by atoms with Gasteiger partial charge in [-0.1, -0.05) is 47.3 Å². The topological polar surface area (TPSA) is 95.3 Å². The van der Waals surface area contributed by atoms with E-state index in [0.29, 0.717) is 52.1 Å². The standard InChI is InChI=1S/C27H33ClN4O3/c1-4-29-27(34)32-24-22(28)15-23-21(25(24)35-10-8-19-7-5-6-9-30-19)14-20(26(33)31-23)18-12-16(2)11-17(3)13-18/h11-15,19,30H,4-10H2,1-3H3,(H,31,33)(H2,29,32,34). The van der Waals surface area contributed by atoms with Gasteiger partial charge in [0.05, 0.1) is 17.1 Å². The van der Waals surface area contributed by atoms with Gasteiger partial charge in [-0.05, 0) is 64.3 Å². The summed E-state index contributed by atoms with van der Waals surface area (Å²) >= 11 is 6.57. The molecule has 1 aromatic heterocycles. The molecule has 35 heavy (non-hydrogen) atoms. The Balaban J connectivity index is 1.79. The highest BCUT2D eigenvalue weighted by molar-refractivity contribution is 6.35. The zero-order valence-corrected chi connectivity index (χ0v) is 21.3. The van der Waals surface area contributed by atoms with Gasteiger partial charge in [-0.25, -0.2) is 4.79 Å². The number of aromatic nitrogens is 1. The van der Waals surface area contributed by atoms with E-state index in [9.17, 15) is 9.59 Å². The van der Waals surface area contributed by atoms with Gasteiger partial charge in [0.1, 0.15) is 5.69 Å². The zero-order chi connectivity index (χ0) is 24.9. The number of nitrogens with one attached hydrogen (secondary N) is 4. The van der Waals surface area contributed by atoms with Crippen LogP contribution in [0.15, 0.2) is 35.1 Å². The molecule has 1 atom stereocenters. The number of anilines is 1. The molecule has 0 radical (unpaired) electrons. The minimum atomic E-state index is -0.369. The number of urea groups is 1. The second-order valence-electron chi connectivity index (χ2n) is 9.18. The van der Waals surface area contributed by atoms with Crippen molar-refractivity contribution in [1.82, 2.24) is 15.6 Å². The van der Waals surface area contributed by atoms with Crippen molar-refractivity contribution in [3.63, 3.8) is 0 Å². The van der Waals surface area contributed by atoms with Gasteiger partial charge in [0, 0.05) is 23.5 Å². The number of rotatable bonds is 7. The molecule has 0 saturated carbocycles. The number of pyridine rings is 1. The lowest BCUT2D eigenvalue weighted by Crippen LogP contribution is -2.35. The Morgan fingerprint density at radius 3 is 2.60 bits per heavy atom. The Bertz CT molecular complexity index is 1260. The van der Waals surface area contributed by atoms with Gasteiger partial charge in [-0.3, -0.25) is 4.79 Å². The van der Waals surface area contributed by atoms with Crippen LogP contribution < -0.4 is 26.2 Å². The third-order valence-electron chi connectivity index (χ3n) is 6.29. The van der Waals surface area contributed by atoms with Crippen LogP contribution in [0.2, 0.25) is 5.02 Å². The van der Waals surface area contributed by atoms with Crippen LogP contribution in [0.4, 0.5) is 10.5 Å². The molecule has 186 valence electrons. The molecule has 0 bridgehead atoms. The number of carbonyl (C=O) groups excluding carboxylic acids is 1. The smallest absolute Gasteiger partial charge is 0.319 e. The maximum atomic E-state index is 13.0. The Hall–Kier alpha value is -3.03. The van der Waals surface area contributed by atoms with Crippen molar-refractivity contribution >= 4 is 34.2 Å². The van der Waals surface area contributed by atoms with Gasteiger partial charge in [0.25, 0.3) is 5.56 Å². The summed E-state index contributed by atoms with van der Waals surface area (Å²) in [4.78, 5) is 28.4. The quantitative estimate of drug-likeness (QED) is 0.346. The molecule has 8 heteroatoms. The summed E-state index contributed by atoms with van der Waals surface area (Å²) in [6.45, 7) is 7.81. The average Bonchev–Trinajstić information content (AvgIpc) is 2.81. The van der Waals surface area contributed by atoms with Crippen LogP contribution in [0.1, 0.15) is 43.7 Å². The fraction of sp³-hybridized carbons (Fsp3) is 0.407. The molecule has 1 aliphatic heterocycles. The van der Waals surface area contributed by atoms with E-state index in [2.05, 4.69) is 27.0 Å². The van der Waals surface area contributed by atoms with E-state index in [1.165, 1.54) is 12.8 Å². The number of amides is 2. The molecular weight excluding hydrogens is 464 g/mol. The maximum Gasteiger partial charge on any atom is 0.319 e. The van der Waals surface area contributed by atoms with Crippen LogP contribution in [-0.4, -0.2) is 36.8 Å². The second kappa shape index (κ2) is 11.1. The molecule has 2 aromatic carbocycles. The van der Waals surface area contributed by atoms with Gasteiger partial charge in [0.2, 0.25) is 0 Å². The predicted octanol–water partition coefficient (Wildman–Crippen LogP) is 5.52. The first kappa shape index (κ1) is 25.1. The summed E-state index contributed by atoms with van der Waals surface area (Å²) in [7, 11) is 0. The van der Waals surface area contributed by atoms with E-state index >= 15 is 0 Å². The molecule has 4 N–H and O–H groups in total. The van der Waals surface area contributed by atoms with E-state index in [1.807, 2.05) is 39.0 Å². The number of halogens is 1. The first-order valence-corrected chi connectivity index (χ1v) is 12.6. The van der Waals surface area contributed by atoms with Crippen molar-refractivity contribution < 1.29 is 9.53 Å². The number of fused-ring (bicyclic) bond motifs is 1. The first-order chi connectivity index (χ1) is 16.9. The maximum absolute atomic E-state index is 13.0. The Morgan fingerprint density at radius 2 is 1.91 bits per heavy atom. The predicted molar refractivity (Wildman–Crippen MR) is 143 cm³/mol. The van der Waals surface area contributed by atoms with Crippen LogP contribution >= 0.6 is 11.6 Å². The van der Waals surface area contributed by atoms with E-state index < -0.39 is 0 Å². The SMILES string of the molecule is CCNC(=O)Nc1c(Cl)cc2[nH]c(=O)c(-c3cc(C)cc(C)c3)cc2c1OCCC1CCCCN1. The Labute approximate surface area is 210 Å². The van der Waals surface area contributed by atoms with E-state index in [1.54, 1.807) is 6.07 Å². The van der Waals surface area contributed by atoms with Gasteiger partial charge >= 0.3 is 6.03 Å². The van der Waals surface area contributed by atoms with Crippen molar-refractivity contribution in [2.75, 3.05) is 25.0 Å². The number of H-pyrrole nitrogens is 1. The third kappa shape index (κ3) is 5.97. The van der Waals surface area contributed by atoms with Crippen LogP contribution in [0, 0.1) is 13.8 Å². The lowest BCUT2D eigenvalue weighted by atomic mass is 10.00. The van der Waals surface area contributed by atoms with Crippen molar-refractivity contribution in [3.8, 4) is 16.9 Å². The highest BCUT2D eigenvalue weighted by Crippen LogP contribution is 2.40. The Morgan fingerprint density at radius 1 is 1.14 bits per heavy atom. The fourth-order valence-electron chi connectivity index (χ4n) is 4.69. The molecule has 0 spiro atoms. The van der Waals surface area contributed by atoms with E-state index in [0.717, 1.165) is 36.1 Å². The molecular formula is C27H33ClN4O3. The summed E-state index contributed by atoms with van der Waals surface area (Å²) in [5.41, 5.74) is 4.25. The molecule has 1 fully saturated rings. The van der Waals surface area contributed by atoms with Gasteiger partial charge in [0.15, 0.2) is 5.75 Å². The van der Waals surface area contributed by atoms with E-state index in [4.69, 9.17) is 16.3 Å². The van der Waals surface area contributed by atoms with Crippen LogP contribution in [0.5, 0.6) is 5.75 Å². The molecule has 1 unspecified atom stereocenters. The fourth-order valence-corrected chi connectivity index (χ4v) is 4.93. The number of aromatic amines is 1. The van der Waals surface area contributed by atoms with Crippen molar-refractivity contribution in [3.05, 3.63) is 56.8 Å². The number of carbonyl (C=O) groups is 1. The molecule has 7 nitrogen and oxygen atoms in total. The largest absolute Gasteiger partial charge is 0.491 e. The minimum Gasteiger partial charge on any atom is -0.491 e. The number of hydrogen-bond donors (Lipinski definition) is 4. The molecule has 4 rings (SSSR count). The number of hydrogen-bond acceptors (Lipinski definition) is 4. The summed E-state index contributed by atoms with van der Waals surface area (Å²) in [6.07, 6.45) is 4.36. The molecule has 0 aliphatic carbocycles.